The van der Waals surface area contributed by atoms with Crippen molar-refractivity contribution in [3.63, 3.8) is 0 Å². The van der Waals surface area contributed by atoms with E-state index in [0.717, 1.165) is 19.5 Å². The molecule has 29 heavy (non-hydrogen) atoms. The van der Waals surface area contributed by atoms with Crippen LogP contribution in [0.2, 0.25) is 0 Å². The maximum absolute atomic E-state index is 15.4. The van der Waals surface area contributed by atoms with Gasteiger partial charge in [-0.15, -0.1) is 0 Å². The molecule has 152 valence electrons. The van der Waals surface area contributed by atoms with Crippen LogP contribution in [0.3, 0.4) is 0 Å². The molecule has 6 nitrogen and oxygen atoms in total. The van der Waals surface area contributed by atoms with E-state index >= 15 is 4.39 Å². The lowest BCUT2D eigenvalue weighted by atomic mass is 9.79. The zero-order chi connectivity index (χ0) is 20.4. The first-order valence-corrected chi connectivity index (χ1v) is 10.0. The molecule has 3 heterocycles. The smallest absolute Gasteiger partial charge is 0.341 e. The third-order valence-electron chi connectivity index (χ3n) is 6.79. The van der Waals surface area contributed by atoms with Gasteiger partial charge in [0.2, 0.25) is 5.43 Å². The molecule has 3 aliphatic rings. The zero-order valence-electron chi connectivity index (χ0n) is 16.4. The highest BCUT2D eigenvalue weighted by molar-refractivity contribution is 5.95. The van der Waals surface area contributed by atoms with Gasteiger partial charge in [-0.05, 0) is 37.2 Å². The molecule has 0 saturated carbocycles. The fraction of sp³-hybridized carbons (Fsp3) is 0.455. The van der Waals surface area contributed by atoms with Crippen LogP contribution in [0.25, 0.3) is 10.9 Å². The van der Waals surface area contributed by atoms with Crippen molar-refractivity contribution in [3.05, 3.63) is 51.6 Å². The minimum Gasteiger partial charge on any atom is -0.477 e. The molecular formula is C22H23FN2O4. The minimum absolute atomic E-state index is 0.1000. The average Bonchev–Trinajstić information content (AvgIpc) is 3.10. The van der Waals surface area contributed by atoms with E-state index in [9.17, 15) is 14.7 Å². The molecule has 1 N–H and O–H groups in total. The largest absolute Gasteiger partial charge is 0.477 e. The number of hydrogen-bond donors (Lipinski definition) is 1. The van der Waals surface area contributed by atoms with E-state index in [1.807, 2.05) is 0 Å². The Balaban J connectivity index is 1.71. The second-order valence-corrected chi connectivity index (χ2v) is 8.43. The molecule has 2 aromatic rings. The lowest BCUT2D eigenvalue weighted by Crippen LogP contribution is -2.29. The molecule has 4 atom stereocenters. The van der Waals surface area contributed by atoms with E-state index in [2.05, 4.69) is 24.0 Å². The summed E-state index contributed by atoms with van der Waals surface area (Å²) in [7, 11) is 0. The van der Waals surface area contributed by atoms with Gasteiger partial charge >= 0.3 is 5.97 Å². The summed E-state index contributed by atoms with van der Waals surface area (Å²) in [6.07, 6.45) is 6.33. The van der Waals surface area contributed by atoms with Crippen LogP contribution < -0.4 is 10.3 Å². The Labute approximate surface area is 167 Å². The number of aromatic nitrogens is 1. The van der Waals surface area contributed by atoms with Gasteiger partial charge in [-0.2, -0.15) is 0 Å². The maximum atomic E-state index is 15.4. The van der Waals surface area contributed by atoms with Crippen molar-refractivity contribution in [1.29, 1.82) is 0 Å². The molecule has 5 rings (SSSR count). The van der Waals surface area contributed by atoms with E-state index in [4.69, 9.17) is 4.74 Å². The lowest BCUT2D eigenvalue weighted by molar-refractivity contribution is -0.00180. The molecule has 4 unspecified atom stereocenters. The Bertz CT molecular complexity index is 1120. The van der Waals surface area contributed by atoms with E-state index in [1.54, 1.807) is 11.5 Å². The molecule has 1 saturated heterocycles. The third kappa shape index (κ3) is 2.64. The summed E-state index contributed by atoms with van der Waals surface area (Å²) in [5, 5.41) is 9.50. The number of benzene rings is 1. The number of pyridine rings is 1. The number of carboxylic acids is 1. The van der Waals surface area contributed by atoms with E-state index in [1.165, 1.54) is 12.3 Å². The van der Waals surface area contributed by atoms with Crippen molar-refractivity contribution >= 4 is 22.6 Å². The quantitative estimate of drug-likeness (QED) is 0.784. The predicted octanol–water partition coefficient (Wildman–Crippen LogP) is 3.54. The molecule has 1 aliphatic carbocycles. The van der Waals surface area contributed by atoms with Gasteiger partial charge in [-0.3, -0.25) is 4.79 Å². The number of ether oxygens (including phenoxy) is 1. The number of carboxylic acid groups (broad SMARTS) is 1. The Morgan fingerprint density at radius 1 is 1.31 bits per heavy atom. The maximum Gasteiger partial charge on any atom is 0.341 e. The summed E-state index contributed by atoms with van der Waals surface area (Å²) in [6, 6.07) is 1.21. The highest BCUT2D eigenvalue weighted by atomic mass is 19.1. The normalized spacial score (nSPS) is 28.0. The molecule has 0 radical (unpaired) electrons. The number of aromatic carboxylic acids is 1. The van der Waals surface area contributed by atoms with Crippen LogP contribution in [0.1, 0.15) is 42.4 Å². The van der Waals surface area contributed by atoms with Crippen LogP contribution in [0, 0.1) is 23.6 Å². The summed E-state index contributed by atoms with van der Waals surface area (Å²) in [4.78, 5) is 26.3. The fourth-order valence-electron chi connectivity index (χ4n) is 5.29. The molecule has 2 aliphatic heterocycles. The Morgan fingerprint density at radius 2 is 2.10 bits per heavy atom. The average molecular weight is 398 g/mol. The molecule has 0 bridgehead atoms. The number of nitrogens with zero attached hydrogens (tertiary/aromatic N) is 2. The number of allylic oxidation sites excluding steroid dienone is 2. The third-order valence-corrected chi connectivity index (χ3v) is 6.79. The number of fused-ring (bicyclic) bond motifs is 1. The van der Waals surface area contributed by atoms with Gasteiger partial charge in [0.25, 0.3) is 0 Å². The van der Waals surface area contributed by atoms with Crippen molar-refractivity contribution in [1.82, 2.24) is 4.57 Å². The van der Waals surface area contributed by atoms with Gasteiger partial charge in [0, 0.05) is 24.8 Å². The number of hydrogen-bond acceptors (Lipinski definition) is 4. The van der Waals surface area contributed by atoms with Crippen molar-refractivity contribution < 1.29 is 19.0 Å². The topological polar surface area (TPSA) is 71.8 Å². The van der Waals surface area contributed by atoms with Gasteiger partial charge in [-0.25, -0.2) is 9.18 Å². The van der Waals surface area contributed by atoms with Crippen LogP contribution in [0.4, 0.5) is 10.1 Å². The Morgan fingerprint density at radius 3 is 2.83 bits per heavy atom. The summed E-state index contributed by atoms with van der Waals surface area (Å²) in [5.74, 6) is -0.406. The SMILES string of the molecule is CC1C=CCC2CN(c3c(F)cc4c(=O)c(C(=O)O)cn5c4c3COC5C)CC12. The van der Waals surface area contributed by atoms with Crippen molar-refractivity contribution in [2.75, 3.05) is 18.0 Å². The van der Waals surface area contributed by atoms with Crippen molar-refractivity contribution in [2.45, 2.75) is 33.1 Å². The number of carbonyl (C=O) groups is 1. The monoisotopic (exact) mass is 398 g/mol. The van der Waals surface area contributed by atoms with E-state index in [-0.39, 0.29) is 17.6 Å². The van der Waals surface area contributed by atoms with Crippen LogP contribution in [0.5, 0.6) is 0 Å². The van der Waals surface area contributed by atoms with Crippen molar-refractivity contribution in [3.8, 4) is 0 Å². The zero-order valence-corrected chi connectivity index (χ0v) is 16.4. The van der Waals surface area contributed by atoms with Gasteiger partial charge in [-0.1, -0.05) is 19.1 Å². The van der Waals surface area contributed by atoms with Crippen molar-refractivity contribution in [2.24, 2.45) is 17.8 Å². The molecule has 1 aromatic heterocycles. The standard InChI is InChI=1S/C22H23FN2O4/c1-11-4-3-5-13-7-24(8-15(11)13)20-17-10-29-12(2)25-9-16(22(27)28)21(26)14(19(17)25)6-18(20)23/h3-4,6,9,11-13,15H,5,7-8,10H2,1-2H3,(H,27,28). The molecule has 1 fully saturated rings. The molecule has 7 heteroatoms. The Hall–Kier alpha value is -2.67. The Kier molecular flexibility index (Phi) is 4.07. The fourth-order valence-corrected chi connectivity index (χ4v) is 5.29. The van der Waals surface area contributed by atoms with Crippen LogP contribution in [-0.4, -0.2) is 28.7 Å². The first kappa shape index (κ1) is 18.4. The van der Waals surface area contributed by atoms with Gasteiger partial charge < -0.3 is 19.3 Å². The van der Waals surface area contributed by atoms with E-state index in [0.29, 0.717) is 34.5 Å². The second-order valence-electron chi connectivity index (χ2n) is 8.43. The number of rotatable bonds is 2. The second kappa shape index (κ2) is 6.42. The minimum atomic E-state index is -1.32. The number of anilines is 1. The van der Waals surface area contributed by atoms with Crippen LogP contribution >= 0.6 is 0 Å². The summed E-state index contributed by atoms with van der Waals surface area (Å²) >= 11 is 0. The van der Waals surface area contributed by atoms with Gasteiger partial charge in [0.15, 0.2) is 0 Å². The first-order chi connectivity index (χ1) is 13.9. The summed E-state index contributed by atoms with van der Waals surface area (Å²) < 4.78 is 22.8. The summed E-state index contributed by atoms with van der Waals surface area (Å²) in [6.45, 7) is 5.71. The lowest BCUT2D eigenvalue weighted by Gasteiger charge is -2.31. The molecule has 0 spiro atoms. The first-order valence-electron chi connectivity index (χ1n) is 10.0. The molecule has 0 amide bonds. The summed E-state index contributed by atoms with van der Waals surface area (Å²) in [5.41, 5.74) is 0.669. The van der Waals surface area contributed by atoms with Crippen LogP contribution in [-0.2, 0) is 11.3 Å². The van der Waals surface area contributed by atoms with Crippen LogP contribution in [0.15, 0.2) is 29.2 Å². The van der Waals surface area contributed by atoms with Gasteiger partial charge in [0.05, 0.1) is 23.2 Å². The highest BCUT2D eigenvalue weighted by Crippen LogP contribution is 2.43. The van der Waals surface area contributed by atoms with E-state index < -0.39 is 23.4 Å². The molecular weight excluding hydrogens is 375 g/mol. The predicted molar refractivity (Wildman–Crippen MR) is 107 cm³/mol. The molecule has 1 aromatic carbocycles. The number of halogens is 1. The highest BCUT2D eigenvalue weighted by Gasteiger charge is 2.39. The van der Waals surface area contributed by atoms with Gasteiger partial charge in [0.1, 0.15) is 17.6 Å².